The largest absolute Gasteiger partial charge is 0.463 e. The molecular formula is C24H46O4. The molecule has 1 aliphatic rings. The van der Waals surface area contributed by atoms with Crippen molar-refractivity contribution in [1.29, 1.82) is 0 Å². The van der Waals surface area contributed by atoms with Crippen LogP contribution in [0.5, 0.6) is 0 Å². The molecule has 0 aromatic heterocycles. The van der Waals surface area contributed by atoms with Crippen LogP contribution in [-0.4, -0.2) is 39.5 Å². The standard InChI is InChI=1S/C24H46O4/c1-3-4-5-6-8-11-14-22-21-23(22)15-12-9-7-10-13-16-24(25)28-20-19-27-18-17-26-2/h22-23H,3-21H2,1-2H3/t22-,23+/m0/s1. The minimum Gasteiger partial charge on any atom is -0.463 e. The number of ether oxygens (including phenoxy) is 3. The third-order valence-corrected chi connectivity index (χ3v) is 5.88. The predicted molar refractivity (Wildman–Crippen MR) is 116 cm³/mol. The summed E-state index contributed by atoms with van der Waals surface area (Å²) in [5.74, 6) is 2.00. The Hall–Kier alpha value is -0.610. The molecule has 1 aliphatic carbocycles. The SMILES string of the molecule is CCCCCCCC[C@H]1C[C@H]1CCCCCCCC(=O)OCCOCCOC. The lowest BCUT2D eigenvalue weighted by Gasteiger charge is -2.06. The van der Waals surface area contributed by atoms with Crippen LogP contribution in [0.25, 0.3) is 0 Å². The molecule has 0 aromatic carbocycles. The van der Waals surface area contributed by atoms with Crippen molar-refractivity contribution in [3.63, 3.8) is 0 Å². The fourth-order valence-corrected chi connectivity index (χ4v) is 3.94. The zero-order chi connectivity index (χ0) is 20.3. The molecular weight excluding hydrogens is 352 g/mol. The molecule has 0 saturated heterocycles. The first-order valence-electron chi connectivity index (χ1n) is 12.0. The maximum atomic E-state index is 11.6. The number of carbonyl (C=O) groups excluding carboxylic acids is 1. The molecule has 1 saturated carbocycles. The van der Waals surface area contributed by atoms with Gasteiger partial charge in [0, 0.05) is 13.5 Å². The van der Waals surface area contributed by atoms with Crippen molar-refractivity contribution >= 4 is 5.97 Å². The molecule has 28 heavy (non-hydrogen) atoms. The zero-order valence-corrected chi connectivity index (χ0v) is 18.7. The average molecular weight is 399 g/mol. The van der Waals surface area contributed by atoms with Crippen molar-refractivity contribution in [3.05, 3.63) is 0 Å². The Kier molecular flexibility index (Phi) is 16.7. The van der Waals surface area contributed by atoms with Gasteiger partial charge in [0.15, 0.2) is 0 Å². The molecule has 0 unspecified atom stereocenters. The average Bonchev–Trinajstić information content (AvgIpc) is 3.44. The summed E-state index contributed by atoms with van der Waals surface area (Å²) >= 11 is 0. The number of unbranched alkanes of at least 4 members (excludes halogenated alkanes) is 9. The Morgan fingerprint density at radius 3 is 1.96 bits per heavy atom. The van der Waals surface area contributed by atoms with Gasteiger partial charge in [0.05, 0.1) is 19.8 Å². The Morgan fingerprint density at radius 2 is 1.32 bits per heavy atom. The van der Waals surface area contributed by atoms with Crippen molar-refractivity contribution in [2.75, 3.05) is 33.5 Å². The highest BCUT2D eigenvalue weighted by Crippen LogP contribution is 2.45. The zero-order valence-electron chi connectivity index (χ0n) is 18.7. The predicted octanol–water partition coefficient (Wildman–Crippen LogP) is 6.31. The van der Waals surface area contributed by atoms with E-state index in [1.807, 2.05) is 0 Å². The molecule has 0 N–H and O–H groups in total. The number of esters is 1. The highest BCUT2D eigenvalue weighted by Gasteiger charge is 2.34. The van der Waals surface area contributed by atoms with Gasteiger partial charge in [-0.3, -0.25) is 4.79 Å². The molecule has 0 aliphatic heterocycles. The summed E-state index contributed by atoms with van der Waals surface area (Å²) in [6.45, 7) is 4.22. The number of methoxy groups -OCH3 is 1. The molecule has 4 heteroatoms. The molecule has 0 aromatic rings. The first-order chi connectivity index (χ1) is 13.8. The van der Waals surface area contributed by atoms with Gasteiger partial charge in [-0.15, -0.1) is 0 Å². The van der Waals surface area contributed by atoms with E-state index in [4.69, 9.17) is 14.2 Å². The summed E-state index contributed by atoms with van der Waals surface area (Å²) in [5.41, 5.74) is 0. The Morgan fingerprint density at radius 1 is 0.750 bits per heavy atom. The van der Waals surface area contributed by atoms with Gasteiger partial charge in [0.2, 0.25) is 0 Å². The lowest BCUT2D eigenvalue weighted by Crippen LogP contribution is -2.12. The number of hydrogen-bond donors (Lipinski definition) is 0. The lowest BCUT2D eigenvalue weighted by molar-refractivity contribution is -0.145. The summed E-state index contributed by atoms with van der Waals surface area (Å²) in [7, 11) is 1.64. The van der Waals surface area contributed by atoms with Crippen molar-refractivity contribution in [1.82, 2.24) is 0 Å². The quantitative estimate of drug-likeness (QED) is 0.168. The van der Waals surface area contributed by atoms with Crippen molar-refractivity contribution < 1.29 is 19.0 Å². The second-order valence-electron chi connectivity index (χ2n) is 8.44. The van der Waals surface area contributed by atoms with Gasteiger partial charge in [0.1, 0.15) is 6.61 Å². The van der Waals surface area contributed by atoms with E-state index in [0.29, 0.717) is 32.8 Å². The van der Waals surface area contributed by atoms with Gasteiger partial charge in [-0.25, -0.2) is 0 Å². The summed E-state index contributed by atoms with van der Waals surface area (Å²) < 4.78 is 15.3. The summed E-state index contributed by atoms with van der Waals surface area (Å²) in [5, 5.41) is 0. The normalized spacial score (nSPS) is 18.4. The second kappa shape index (κ2) is 18.4. The highest BCUT2D eigenvalue weighted by molar-refractivity contribution is 5.69. The van der Waals surface area contributed by atoms with Crippen molar-refractivity contribution in [3.8, 4) is 0 Å². The van der Waals surface area contributed by atoms with E-state index in [-0.39, 0.29) is 5.97 Å². The summed E-state index contributed by atoms with van der Waals surface area (Å²) in [6.07, 6.45) is 19.6. The molecule has 2 atom stereocenters. The van der Waals surface area contributed by atoms with Crippen LogP contribution in [0, 0.1) is 11.8 Å². The maximum Gasteiger partial charge on any atom is 0.305 e. The highest BCUT2D eigenvalue weighted by atomic mass is 16.6. The third-order valence-electron chi connectivity index (χ3n) is 5.88. The molecule has 166 valence electrons. The minimum absolute atomic E-state index is 0.0918. The van der Waals surface area contributed by atoms with E-state index >= 15 is 0 Å². The van der Waals surface area contributed by atoms with Crippen LogP contribution in [0.2, 0.25) is 0 Å². The van der Waals surface area contributed by atoms with Crippen LogP contribution in [0.15, 0.2) is 0 Å². The smallest absolute Gasteiger partial charge is 0.305 e. The lowest BCUT2D eigenvalue weighted by atomic mass is 10.0. The van der Waals surface area contributed by atoms with Gasteiger partial charge >= 0.3 is 5.97 Å². The van der Waals surface area contributed by atoms with Gasteiger partial charge in [-0.2, -0.15) is 0 Å². The van der Waals surface area contributed by atoms with Gasteiger partial charge in [0.25, 0.3) is 0 Å². The van der Waals surface area contributed by atoms with E-state index in [2.05, 4.69) is 6.92 Å². The first-order valence-corrected chi connectivity index (χ1v) is 12.0. The third kappa shape index (κ3) is 15.3. The topological polar surface area (TPSA) is 44.8 Å². The summed E-state index contributed by atoms with van der Waals surface area (Å²) in [4.78, 5) is 11.6. The van der Waals surface area contributed by atoms with Crippen LogP contribution in [0.1, 0.15) is 103 Å². The first kappa shape index (κ1) is 25.4. The molecule has 4 nitrogen and oxygen atoms in total. The second-order valence-corrected chi connectivity index (χ2v) is 8.44. The molecule has 0 bridgehead atoms. The van der Waals surface area contributed by atoms with Gasteiger partial charge in [-0.1, -0.05) is 84.0 Å². The van der Waals surface area contributed by atoms with E-state index in [1.165, 1.54) is 77.0 Å². The van der Waals surface area contributed by atoms with Crippen molar-refractivity contribution in [2.24, 2.45) is 11.8 Å². The van der Waals surface area contributed by atoms with Crippen LogP contribution < -0.4 is 0 Å². The number of rotatable bonds is 21. The monoisotopic (exact) mass is 398 g/mol. The van der Waals surface area contributed by atoms with E-state index in [9.17, 15) is 4.79 Å². The fourth-order valence-electron chi connectivity index (χ4n) is 3.94. The van der Waals surface area contributed by atoms with Crippen LogP contribution >= 0.6 is 0 Å². The maximum absolute atomic E-state index is 11.6. The van der Waals surface area contributed by atoms with Gasteiger partial charge in [-0.05, 0) is 24.7 Å². The van der Waals surface area contributed by atoms with Crippen LogP contribution in [0.4, 0.5) is 0 Å². The summed E-state index contributed by atoms with van der Waals surface area (Å²) in [6, 6.07) is 0. The molecule has 0 amide bonds. The van der Waals surface area contributed by atoms with Crippen LogP contribution in [0.3, 0.4) is 0 Å². The van der Waals surface area contributed by atoms with Crippen LogP contribution in [-0.2, 0) is 19.0 Å². The molecule has 0 radical (unpaired) electrons. The van der Waals surface area contributed by atoms with Gasteiger partial charge < -0.3 is 14.2 Å². The van der Waals surface area contributed by atoms with E-state index in [1.54, 1.807) is 7.11 Å². The molecule has 0 spiro atoms. The number of hydrogen-bond acceptors (Lipinski definition) is 4. The van der Waals surface area contributed by atoms with E-state index < -0.39 is 0 Å². The number of carbonyl (C=O) groups is 1. The Labute approximate surface area is 174 Å². The Balaban J connectivity index is 1.76. The minimum atomic E-state index is -0.0918. The van der Waals surface area contributed by atoms with E-state index in [0.717, 1.165) is 24.7 Å². The Bertz CT molecular complexity index is 359. The molecule has 0 heterocycles. The molecule has 1 fully saturated rings. The van der Waals surface area contributed by atoms with Crippen molar-refractivity contribution in [2.45, 2.75) is 103 Å². The fraction of sp³-hybridized carbons (Fsp3) is 0.958. The molecule has 1 rings (SSSR count).